The topological polar surface area (TPSA) is 73.2 Å². The summed E-state index contributed by atoms with van der Waals surface area (Å²) >= 11 is 0. The van der Waals surface area contributed by atoms with Gasteiger partial charge >= 0.3 is 6.36 Å². The average molecular weight is 391 g/mol. The van der Waals surface area contributed by atoms with Gasteiger partial charge in [0.2, 0.25) is 0 Å². The molecule has 1 heterocycles. The summed E-state index contributed by atoms with van der Waals surface area (Å²) in [6.07, 6.45) is -4.76. The fraction of sp³-hybridized carbons (Fsp3) is 0.211. The number of benzene rings is 2. The maximum atomic E-state index is 12.6. The number of hydrogen-bond donors (Lipinski definition) is 1. The van der Waals surface area contributed by atoms with Crippen LogP contribution in [-0.4, -0.2) is 22.1 Å². The van der Waals surface area contributed by atoms with Gasteiger partial charge in [0.05, 0.1) is 5.39 Å². The molecule has 0 fully saturated rings. The predicted octanol–water partition coefficient (Wildman–Crippen LogP) is 3.25. The number of carbonyl (C=O) groups is 1. The standard InChI is InChI=1S/C19H16F3N3O3/c1-2-25-18(27)15-6-4-3-5-14(15)16(24-25)17(26)23-11-12-7-9-13(10-8-12)28-19(20,21)22/h3-10H,2,11H2,1H3,(H,23,26). The summed E-state index contributed by atoms with van der Waals surface area (Å²) < 4.78 is 41.6. The maximum absolute atomic E-state index is 12.6. The van der Waals surface area contributed by atoms with Gasteiger partial charge in [-0.2, -0.15) is 5.10 Å². The minimum absolute atomic E-state index is 0.0758. The molecular weight excluding hydrogens is 375 g/mol. The van der Waals surface area contributed by atoms with Gasteiger partial charge in [-0.25, -0.2) is 4.68 Å². The first-order valence-electron chi connectivity index (χ1n) is 8.41. The number of ether oxygens (including phenoxy) is 1. The van der Waals surface area contributed by atoms with Crippen molar-refractivity contribution >= 4 is 16.7 Å². The Kier molecular flexibility index (Phi) is 5.34. The fourth-order valence-electron chi connectivity index (χ4n) is 2.69. The molecule has 0 unspecified atom stereocenters. The summed E-state index contributed by atoms with van der Waals surface area (Å²) in [6, 6.07) is 11.8. The lowest BCUT2D eigenvalue weighted by Crippen LogP contribution is -2.30. The van der Waals surface area contributed by atoms with E-state index in [2.05, 4.69) is 15.2 Å². The Labute approximate surface area is 157 Å². The van der Waals surface area contributed by atoms with E-state index in [0.29, 0.717) is 22.9 Å². The van der Waals surface area contributed by atoms with Crippen molar-refractivity contribution in [3.8, 4) is 5.75 Å². The van der Waals surface area contributed by atoms with Crippen LogP contribution in [0.1, 0.15) is 23.0 Å². The Morgan fingerprint density at radius 3 is 2.36 bits per heavy atom. The van der Waals surface area contributed by atoms with E-state index in [1.54, 1.807) is 31.2 Å². The molecule has 1 amide bonds. The Hall–Kier alpha value is -3.36. The Balaban J connectivity index is 1.79. The number of fused-ring (bicyclic) bond motifs is 1. The average Bonchev–Trinajstić information content (AvgIpc) is 2.66. The lowest BCUT2D eigenvalue weighted by atomic mass is 10.1. The van der Waals surface area contributed by atoms with Gasteiger partial charge in [-0.1, -0.05) is 30.3 Å². The van der Waals surface area contributed by atoms with E-state index in [1.165, 1.54) is 28.9 Å². The van der Waals surface area contributed by atoms with Crippen LogP contribution in [-0.2, 0) is 13.1 Å². The first-order valence-corrected chi connectivity index (χ1v) is 8.41. The normalized spacial score (nSPS) is 11.4. The minimum Gasteiger partial charge on any atom is -0.406 e. The van der Waals surface area contributed by atoms with Crippen LogP contribution in [0, 0.1) is 0 Å². The maximum Gasteiger partial charge on any atom is 0.573 e. The molecule has 0 saturated carbocycles. The van der Waals surface area contributed by atoms with E-state index in [4.69, 9.17) is 0 Å². The Morgan fingerprint density at radius 2 is 1.75 bits per heavy atom. The SMILES string of the molecule is CCn1nc(C(=O)NCc2ccc(OC(F)(F)F)cc2)c2ccccc2c1=O. The van der Waals surface area contributed by atoms with Crippen LogP contribution in [0.2, 0.25) is 0 Å². The number of halogens is 3. The number of nitrogens with zero attached hydrogens (tertiary/aromatic N) is 2. The third kappa shape index (κ3) is 4.30. The van der Waals surface area contributed by atoms with E-state index in [-0.39, 0.29) is 23.5 Å². The van der Waals surface area contributed by atoms with Gasteiger partial charge < -0.3 is 10.1 Å². The van der Waals surface area contributed by atoms with Gasteiger partial charge in [0.15, 0.2) is 5.69 Å². The molecule has 0 bridgehead atoms. The van der Waals surface area contributed by atoms with Gasteiger partial charge in [0, 0.05) is 18.5 Å². The highest BCUT2D eigenvalue weighted by Gasteiger charge is 2.30. The van der Waals surface area contributed by atoms with Crippen LogP contribution in [0.4, 0.5) is 13.2 Å². The zero-order valence-corrected chi connectivity index (χ0v) is 14.8. The molecule has 0 spiro atoms. The van der Waals surface area contributed by atoms with Crippen LogP contribution in [0.15, 0.2) is 53.3 Å². The lowest BCUT2D eigenvalue weighted by Gasteiger charge is -2.11. The summed E-state index contributed by atoms with van der Waals surface area (Å²) in [5.41, 5.74) is 0.403. The van der Waals surface area contributed by atoms with Crippen LogP contribution in [0.25, 0.3) is 10.8 Å². The molecule has 0 aliphatic carbocycles. The summed E-state index contributed by atoms with van der Waals surface area (Å²) in [4.78, 5) is 24.9. The fourth-order valence-corrected chi connectivity index (χ4v) is 2.69. The van der Waals surface area contributed by atoms with Gasteiger partial charge in [-0.3, -0.25) is 9.59 Å². The second kappa shape index (κ2) is 7.71. The van der Waals surface area contributed by atoms with Crippen LogP contribution >= 0.6 is 0 Å². The van der Waals surface area contributed by atoms with E-state index < -0.39 is 12.3 Å². The van der Waals surface area contributed by atoms with E-state index in [1.807, 2.05) is 0 Å². The molecule has 146 valence electrons. The molecule has 1 N–H and O–H groups in total. The Bertz CT molecular complexity index is 1060. The summed E-state index contributed by atoms with van der Waals surface area (Å²) in [7, 11) is 0. The van der Waals surface area contributed by atoms with Crippen molar-refractivity contribution in [2.24, 2.45) is 0 Å². The summed E-state index contributed by atoms with van der Waals surface area (Å²) in [6.45, 7) is 2.13. The lowest BCUT2D eigenvalue weighted by molar-refractivity contribution is -0.274. The molecule has 1 aromatic heterocycles. The van der Waals surface area contributed by atoms with Crippen LogP contribution < -0.4 is 15.6 Å². The van der Waals surface area contributed by atoms with Crippen molar-refractivity contribution < 1.29 is 22.7 Å². The van der Waals surface area contributed by atoms with Gasteiger partial charge in [-0.05, 0) is 30.7 Å². The smallest absolute Gasteiger partial charge is 0.406 e. The molecule has 0 saturated heterocycles. The monoisotopic (exact) mass is 391 g/mol. The van der Waals surface area contributed by atoms with E-state index >= 15 is 0 Å². The van der Waals surface area contributed by atoms with Crippen molar-refractivity contribution in [3.05, 3.63) is 70.1 Å². The largest absolute Gasteiger partial charge is 0.573 e. The molecule has 2 aromatic carbocycles. The van der Waals surface area contributed by atoms with Crippen molar-refractivity contribution in [2.75, 3.05) is 0 Å². The minimum atomic E-state index is -4.76. The molecule has 0 atom stereocenters. The quantitative estimate of drug-likeness (QED) is 0.725. The number of aromatic nitrogens is 2. The number of rotatable bonds is 5. The van der Waals surface area contributed by atoms with Crippen molar-refractivity contribution in [1.82, 2.24) is 15.1 Å². The second-order valence-corrected chi connectivity index (χ2v) is 5.89. The van der Waals surface area contributed by atoms with Crippen LogP contribution in [0.5, 0.6) is 5.75 Å². The zero-order valence-electron chi connectivity index (χ0n) is 14.8. The van der Waals surface area contributed by atoms with Gasteiger partial charge in [0.25, 0.3) is 11.5 Å². The highest BCUT2D eigenvalue weighted by atomic mass is 19.4. The third-order valence-corrected chi connectivity index (χ3v) is 3.99. The third-order valence-electron chi connectivity index (χ3n) is 3.99. The molecule has 0 aliphatic heterocycles. The molecule has 28 heavy (non-hydrogen) atoms. The highest BCUT2D eigenvalue weighted by Crippen LogP contribution is 2.22. The number of alkyl halides is 3. The zero-order chi connectivity index (χ0) is 20.3. The van der Waals surface area contributed by atoms with E-state index in [9.17, 15) is 22.8 Å². The van der Waals surface area contributed by atoms with Crippen LogP contribution in [0.3, 0.4) is 0 Å². The summed E-state index contributed by atoms with van der Waals surface area (Å²) in [5.74, 6) is -0.834. The molecule has 3 rings (SSSR count). The molecule has 0 aliphatic rings. The molecule has 6 nitrogen and oxygen atoms in total. The molecule has 9 heteroatoms. The van der Waals surface area contributed by atoms with E-state index in [0.717, 1.165) is 0 Å². The molecule has 0 radical (unpaired) electrons. The van der Waals surface area contributed by atoms with Gasteiger partial charge in [-0.15, -0.1) is 13.2 Å². The summed E-state index contributed by atoms with van der Waals surface area (Å²) in [5, 5.41) is 7.62. The first-order chi connectivity index (χ1) is 13.3. The second-order valence-electron chi connectivity index (χ2n) is 5.89. The number of nitrogens with one attached hydrogen (secondary N) is 1. The number of aryl methyl sites for hydroxylation is 1. The predicted molar refractivity (Wildman–Crippen MR) is 96.0 cm³/mol. The Morgan fingerprint density at radius 1 is 1.11 bits per heavy atom. The van der Waals surface area contributed by atoms with Crippen molar-refractivity contribution in [2.45, 2.75) is 26.4 Å². The molecule has 3 aromatic rings. The molecular formula is C19H16F3N3O3. The first kappa shape index (κ1) is 19.4. The van der Waals surface area contributed by atoms with Crippen molar-refractivity contribution in [1.29, 1.82) is 0 Å². The highest BCUT2D eigenvalue weighted by molar-refractivity contribution is 6.04. The van der Waals surface area contributed by atoms with Gasteiger partial charge in [0.1, 0.15) is 5.75 Å². The van der Waals surface area contributed by atoms with Crippen molar-refractivity contribution in [3.63, 3.8) is 0 Å². The number of amides is 1. The number of hydrogen-bond acceptors (Lipinski definition) is 4. The number of carbonyl (C=O) groups excluding carboxylic acids is 1.